The second kappa shape index (κ2) is 5.74. The first-order valence-electron chi connectivity index (χ1n) is 8.32. The van der Waals surface area contributed by atoms with Gasteiger partial charge in [-0.3, -0.25) is 4.79 Å². The van der Waals surface area contributed by atoms with E-state index in [4.69, 9.17) is 4.98 Å². The van der Waals surface area contributed by atoms with Gasteiger partial charge in [-0.2, -0.15) is 5.10 Å². The van der Waals surface area contributed by atoms with Crippen LogP contribution >= 0.6 is 0 Å². The van der Waals surface area contributed by atoms with Crippen LogP contribution in [0.15, 0.2) is 36.4 Å². The molecule has 0 spiro atoms. The zero-order valence-electron chi connectivity index (χ0n) is 13.9. The van der Waals surface area contributed by atoms with E-state index in [0.29, 0.717) is 6.04 Å². The molecule has 1 aliphatic rings. The highest BCUT2D eigenvalue weighted by atomic mass is 16.1. The van der Waals surface area contributed by atoms with Crippen molar-refractivity contribution in [3.8, 4) is 11.3 Å². The number of carbonyl (C=O) groups excluding carboxylic acids is 1. The molecule has 5 nitrogen and oxygen atoms in total. The van der Waals surface area contributed by atoms with Crippen LogP contribution < -0.4 is 5.32 Å². The van der Waals surface area contributed by atoms with Crippen LogP contribution in [0.25, 0.3) is 16.9 Å². The average molecular weight is 320 g/mol. The number of imidazole rings is 1. The summed E-state index contributed by atoms with van der Waals surface area (Å²) >= 11 is 0. The molecule has 1 aromatic carbocycles. The number of nitrogens with zero attached hydrogens (tertiary/aromatic N) is 3. The third-order valence-electron chi connectivity index (χ3n) is 4.30. The molecule has 1 saturated carbocycles. The molecule has 1 fully saturated rings. The molecule has 0 unspecified atom stereocenters. The molecule has 1 aliphatic carbocycles. The molecular formula is C19H20N4O. The van der Waals surface area contributed by atoms with Gasteiger partial charge in [0.05, 0.1) is 23.5 Å². The summed E-state index contributed by atoms with van der Waals surface area (Å²) in [5, 5.41) is 7.61. The topological polar surface area (TPSA) is 59.3 Å². The summed E-state index contributed by atoms with van der Waals surface area (Å²) in [5.41, 5.74) is 5.56. The summed E-state index contributed by atoms with van der Waals surface area (Å²) in [4.78, 5) is 17.1. The minimum atomic E-state index is 0.0379. The molecule has 122 valence electrons. The molecular weight excluding hydrogens is 300 g/mol. The van der Waals surface area contributed by atoms with E-state index >= 15 is 0 Å². The van der Waals surface area contributed by atoms with Gasteiger partial charge < -0.3 is 5.32 Å². The van der Waals surface area contributed by atoms with Gasteiger partial charge in [-0.25, -0.2) is 9.50 Å². The fourth-order valence-corrected chi connectivity index (χ4v) is 2.83. The monoisotopic (exact) mass is 320 g/mol. The number of nitrogens with one attached hydrogen (secondary N) is 1. The van der Waals surface area contributed by atoms with Crippen LogP contribution in [0, 0.1) is 13.8 Å². The van der Waals surface area contributed by atoms with Gasteiger partial charge in [-0.1, -0.05) is 29.8 Å². The van der Waals surface area contributed by atoms with Gasteiger partial charge in [0.1, 0.15) is 0 Å². The molecule has 4 rings (SSSR count). The van der Waals surface area contributed by atoms with E-state index < -0.39 is 0 Å². The molecule has 2 aromatic heterocycles. The first-order chi connectivity index (χ1) is 11.6. The predicted octanol–water partition coefficient (Wildman–Crippen LogP) is 2.83. The smallest absolute Gasteiger partial charge is 0.226 e. The van der Waals surface area contributed by atoms with Crippen LogP contribution in [0.4, 0.5) is 0 Å². The Labute approximate surface area is 140 Å². The first-order valence-corrected chi connectivity index (χ1v) is 8.32. The Kier molecular flexibility index (Phi) is 3.56. The molecule has 0 saturated heterocycles. The number of rotatable bonds is 4. The Morgan fingerprint density at radius 3 is 2.62 bits per heavy atom. The van der Waals surface area contributed by atoms with Crippen LogP contribution in [0.5, 0.6) is 0 Å². The van der Waals surface area contributed by atoms with Crippen molar-refractivity contribution < 1.29 is 4.79 Å². The molecule has 1 N–H and O–H groups in total. The van der Waals surface area contributed by atoms with Crippen molar-refractivity contribution in [3.05, 3.63) is 53.3 Å². The second-order valence-electron chi connectivity index (χ2n) is 6.54. The van der Waals surface area contributed by atoms with Gasteiger partial charge in [0.2, 0.25) is 5.91 Å². The largest absolute Gasteiger partial charge is 0.353 e. The van der Waals surface area contributed by atoms with Gasteiger partial charge in [-0.15, -0.1) is 0 Å². The molecule has 3 aromatic rings. The van der Waals surface area contributed by atoms with Crippen LogP contribution in [-0.4, -0.2) is 26.5 Å². The van der Waals surface area contributed by atoms with Crippen molar-refractivity contribution >= 4 is 11.6 Å². The van der Waals surface area contributed by atoms with Crippen molar-refractivity contribution in [2.45, 2.75) is 39.2 Å². The number of benzene rings is 1. The summed E-state index contributed by atoms with van der Waals surface area (Å²) in [7, 11) is 0. The number of carbonyl (C=O) groups is 1. The maximum Gasteiger partial charge on any atom is 0.226 e. The van der Waals surface area contributed by atoms with E-state index in [2.05, 4.69) is 29.5 Å². The zero-order chi connectivity index (χ0) is 16.7. The Morgan fingerprint density at radius 1 is 1.17 bits per heavy atom. The highest BCUT2D eigenvalue weighted by Crippen LogP contribution is 2.25. The normalized spacial score (nSPS) is 14.1. The molecule has 1 amide bonds. The maximum atomic E-state index is 12.3. The quantitative estimate of drug-likeness (QED) is 0.804. The van der Waals surface area contributed by atoms with Crippen molar-refractivity contribution in [2.75, 3.05) is 0 Å². The molecule has 0 radical (unpaired) electrons. The van der Waals surface area contributed by atoms with E-state index in [1.54, 1.807) is 4.52 Å². The number of amides is 1. The Balaban J connectivity index is 1.80. The van der Waals surface area contributed by atoms with E-state index in [1.807, 2.05) is 31.2 Å². The number of hydrogen-bond acceptors (Lipinski definition) is 3. The first kappa shape index (κ1) is 14.9. The van der Waals surface area contributed by atoms with E-state index in [1.165, 1.54) is 5.56 Å². The van der Waals surface area contributed by atoms with Crippen LogP contribution in [-0.2, 0) is 11.2 Å². The molecule has 0 atom stereocenters. The fraction of sp³-hybridized carbons (Fsp3) is 0.316. The number of aromatic nitrogens is 3. The van der Waals surface area contributed by atoms with Gasteiger partial charge in [0.25, 0.3) is 0 Å². The maximum absolute atomic E-state index is 12.3. The Bertz CT molecular complexity index is 907. The third kappa shape index (κ3) is 2.89. The number of aryl methyl sites for hydroxylation is 2. The second-order valence-corrected chi connectivity index (χ2v) is 6.54. The van der Waals surface area contributed by atoms with Gasteiger partial charge in [-0.05, 0) is 38.8 Å². The van der Waals surface area contributed by atoms with Gasteiger partial charge in [0, 0.05) is 11.6 Å². The lowest BCUT2D eigenvalue weighted by atomic mass is 10.1. The third-order valence-corrected chi connectivity index (χ3v) is 4.30. The van der Waals surface area contributed by atoms with Crippen molar-refractivity contribution in [1.29, 1.82) is 0 Å². The van der Waals surface area contributed by atoms with Gasteiger partial charge in [0.15, 0.2) is 5.65 Å². The minimum Gasteiger partial charge on any atom is -0.353 e. The average Bonchev–Trinajstić information content (AvgIpc) is 3.30. The summed E-state index contributed by atoms with van der Waals surface area (Å²) in [5.74, 6) is 0.0379. The summed E-state index contributed by atoms with van der Waals surface area (Å²) in [6.07, 6.45) is 2.46. The summed E-state index contributed by atoms with van der Waals surface area (Å²) < 4.78 is 1.80. The fourth-order valence-electron chi connectivity index (χ4n) is 2.83. The van der Waals surface area contributed by atoms with Crippen molar-refractivity contribution in [2.24, 2.45) is 0 Å². The van der Waals surface area contributed by atoms with Crippen LogP contribution in [0.3, 0.4) is 0 Å². The molecule has 0 bridgehead atoms. The lowest BCUT2D eigenvalue weighted by Crippen LogP contribution is -2.27. The van der Waals surface area contributed by atoms with Crippen LogP contribution in [0.1, 0.15) is 29.8 Å². The minimum absolute atomic E-state index is 0.0379. The zero-order valence-corrected chi connectivity index (χ0v) is 13.9. The molecule has 2 heterocycles. The van der Waals surface area contributed by atoms with Gasteiger partial charge >= 0.3 is 0 Å². The van der Waals surface area contributed by atoms with E-state index in [-0.39, 0.29) is 12.3 Å². The Morgan fingerprint density at radius 2 is 1.92 bits per heavy atom. The van der Waals surface area contributed by atoms with Crippen molar-refractivity contribution in [1.82, 2.24) is 19.9 Å². The standard InChI is InChI=1S/C19H20N4O/c1-12-3-6-14(7-4-12)19-16(11-18(24)20-15-8-9-15)23-17(21-19)10-5-13(2)22-23/h3-7,10,15H,8-9,11H2,1-2H3,(H,20,24). The molecule has 24 heavy (non-hydrogen) atoms. The van der Waals surface area contributed by atoms with Crippen LogP contribution in [0.2, 0.25) is 0 Å². The predicted molar refractivity (Wildman–Crippen MR) is 92.8 cm³/mol. The van der Waals surface area contributed by atoms with E-state index in [9.17, 15) is 4.79 Å². The lowest BCUT2D eigenvalue weighted by Gasteiger charge is -2.06. The summed E-state index contributed by atoms with van der Waals surface area (Å²) in [6, 6.07) is 12.5. The van der Waals surface area contributed by atoms with Crippen molar-refractivity contribution in [3.63, 3.8) is 0 Å². The highest BCUT2D eigenvalue weighted by Gasteiger charge is 2.25. The van der Waals surface area contributed by atoms with E-state index in [0.717, 1.165) is 41.1 Å². The lowest BCUT2D eigenvalue weighted by molar-refractivity contribution is -0.120. The molecule has 5 heteroatoms. The Hall–Kier alpha value is -2.69. The number of hydrogen-bond donors (Lipinski definition) is 1. The summed E-state index contributed by atoms with van der Waals surface area (Å²) in [6.45, 7) is 4.00. The SMILES string of the molecule is Cc1ccc(-c2nc3ccc(C)nn3c2CC(=O)NC2CC2)cc1. The number of fused-ring (bicyclic) bond motifs is 1. The highest BCUT2D eigenvalue weighted by molar-refractivity contribution is 5.82. The molecule has 0 aliphatic heterocycles.